The van der Waals surface area contributed by atoms with Crippen LogP contribution in [-0.2, 0) is 9.59 Å². The first kappa shape index (κ1) is 20.6. The van der Waals surface area contributed by atoms with E-state index in [1.54, 1.807) is 6.08 Å². The fourth-order valence-corrected chi connectivity index (χ4v) is 3.39. The number of piperidine rings is 1. The van der Waals surface area contributed by atoms with Crippen LogP contribution in [0, 0.1) is 12.8 Å². The first-order valence-electron chi connectivity index (χ1n) is 10.1. The maximum Gasteiger partial charge on any atom is 0.246 e. The van der Waals surface area contributed by atoms with Crippen LogP contribution >= 0.6 is 0 Å². The van der Waals surface area contributed by atoms with Crippen molar-refractivity contribution in [2.75, 3.05) is 26.2 Å². The van der Waals surface area contributed by atoms with Crippen LogP contribution in [0.5, 0.6) is 5.75 Å². The van der Waals surface area contributed by atoms with Gasteiger partial charge in [0, 0.05) is 25.1 Å². The molecule has 0 spiro atoms. The Kier molecular flexibility index (Phi) is 7.45. The van der Waals surface area contributed by atoms with Crippen LogP contribution in [-0.4, -0.2) is 43.0 Å². The molecule has 0 unspecified atom stereocenters. The molecule has 1 fully saturated rings. The maximum absolute atomic E-state index is 12.4. The van der Waals surface area contributed by atoms with E-state index in [9.17, 15) is 9.59 Å². The standard InChI is InChI=1S/C24H28N2O3/c1-19-6-5-9-22(18-19)29-17-14-25-24(28)21-12-15-26(16-13-21)23(27)11-10-20-7-3-2-4-8-20/h2-11,18,21H,12-17H2,1H3,(H,25,28)/b11-10+. The van der Waals surface area contributed by atoms with Gasteiger partial charge in [-0.05, 0) is 49.1 Å². The third kappa shape index (κ3) is 6.49. The summed E-state index contributed by atoms with van der Waals surface area (Å²) in [6.45, 7) is 4.15. The summed E-state index contributed by atoms with van der Waals surface area (Å²) >= 11 is 0. The molecule has 5 nitrogen and oxygen atoms in total. The van der Waals surface area contributed by atoms with Crippen molar-refractivity contribution in [3.8, 4) is 5.75 Å². The van der Waals surface area contributed by atoms with Crippen molar-refractivity contribution in [1.29, 1.82) is 0 Å². The highest BCUT2D eigenvalue weighted by Gasteiger charge is 2.26. The predicted octanol–water partition coefficient (Wildman–Crippen LogP) is 3.44. The minimum absolute atomic E-state index is 0.000680. The van der Waals surface area contributed by atoms with Gasteiger partial charge in [-0.2, -0.15) is 0 Å². The smallest absolute Gasteiger partial charge is 0.246 e. The molecular formula is C24H28N2O3. The molecule has 1 heterocycles. The lowest BCUT2D eigenvalue weighted by molar-refractivity contribution is -0.132. The van der Waals surface area contributed by atoms with Crippen LogP contribution in [0.25, 0.3) is 6.08 Å². The van der Waals surface area contributed by atoms with E-state index in [2.05, 4.69) is 5.32 Å². The van der Waals surface area contributed by atoms with Gasteiger partial charge in [0.15, 0.2) is 0 Å². The zero-order valence-electron chi connectivity index (χ0n) is 16.8. The van der Waals surface area contributed by atoms with Gasteiger partial charge in [-0.1, -0.05) is 42.5 Å². The van der Waals surface area contributed by atoms with Crippen LogP contribution in [0.1, 0.15) is 24.0 Å². The van der Waals surface area contributed by atoms with Crippen LogP contribution < -0.4 is 10.1 Å². The fraction of sp³-hybridized carbons (Fsp3) is 0.333. The molecule has 0 aliphatic carbocycles. The predicted molar refractivity (Wildman–Crippen MR) is 114 cm³/mol. The van der Waals surface area contributed by atoms with Crippen molar-refractivity contribution < 1.29 is 14.3 Å². The Morgan fingerprint density at radius 3 is 2.59 bits per heavy atom. The highest BCUT2D eigenvalue weighted by molar-refractivity contribution is 5.92. The third-order valence-electron chi connectivity index (χ3n) is 5.05. The van der Waals surface area contributed by atoms with Crippen LogP contribution in [0.3, 0.4) is 0 Å². The number of carbonyl (C=O) groups excluding carboxylic acids is 2. The molecule has 1 N–H and O–H groups in total. The molecule has 2 amide bonds. The van der Waals surface area contributed by atoms with Crippen molar-refractivity contribution >= 4 is 17.9 Å². The fourth-order valence-electron chi connectivity index (χ4n) is 3.39. The van der Waals surface area contributed by atoms with Crippen molar-refractivity contribution in [2.45, 2.75) is 19.8 Å². The minimum atomic E-state index is -0.0453. The Bertz CT molecular complexity index is 840. The minimum Gasteiger partial charge on any atom is -0.492 e. The number of carbonyl (C=O) groups is 2. The van der Waals surface area contributed by atoms with Crippen LogP contribution in [0.15, 0.2) is 60.7 Å². The second-order valence-electron chi connectivity index (χ2n) is 7.30. The molecule has 1 aliphatic heterocycles. The normalized spacial score (nSPS) is 14.7. The molecule has 1 aliphatic rings. The number of rotatable bonds is 7. The molecule has 0 radical (unpaired) electrons. The van der Waals surface area contributed by atoms with Crippen molar-refractivity contribution in [3.63, 3.8) is 0 Å². The molecular weight excluding hydrogens is 364 g/mol. The zero-order chi connectivity index (χ0) is 20.5. The second kappa shape index (κ2) is 10.5. The molecule has 0 atom stereocenters. The van der Waals surface area contributed by atoms with E-state index in [1.807, 2.05) is 72.5 Å². The highest BCUT2D eigenvalue weighted by atomic mass is 16.5. The van der Waals surface area contributed by atoms with Crippen molar-refractivity contribution in [3.05, 3.63) is 71.8 Å². The number of nitrogens with zero attached hydrogens (tertiary/aromatic N) is 1. The van der Waals surface area contributed by atoms with Gasteiger partial charge in [-0.3, -0.25) is 9.59 Å². The molecule has 5 heteroatoms. The van der Waals surface area contributed by atoms with Gasteiger partial charge in [-0.25, -0.2) is 0 Å². The summed E-state index contributed by atoms with van der Waals surface area (Å²) in [7, 11) is 0. The van der Waals surface area contributed by atoms with E-state index in [4.69, 9.17) is 4.74 Å². The van der Waals surface area contributed by atoms with Gasteiger partial charge < -0.3 is 15.0 Å². The van der Waals surface area contributed by atoms with E-state index in [-0.39, 0.29) is 17.7 Å². The van der Waals surface area contributed by atoms with Gasteiger partial charge in [-0.15, -0.1) is 0 Å². The molecule has 0 saturated carbocycles. The Hall–Kier alpha value is -3.08. The number of benzene rings is 2. The van der Waals surface area contributed by atoms with Gasteiger partial charge in [0.05, 0.1) is 6.54 Å². The summed E-state index contributed by atoms with van der Waals surface area (Å²) in [5, 5.41) is 2.95. The summed E-state index contributed by atoms with van der Waals surface area (Å²) in [5.41, 5.74) is 2.15. The first-order valence-corrected chi connectivity index (χ1v) is 10.1. The molecule has 29 heavy (non-hydrogen) atoms. The number of hydrogen-bond donors (Lipinski definition) is 1. The van der Waals surface area contributed by atoms with E-state index in [0.717, 1.165) is 16.9 Å². The number of ether oxygens (including phenoxy) is 1. The second-order valence-corrected chi connectivity index (χ2v) is 7.30. The number of aryl methyl sites for hydroxylation is 1. The van der Waals surface area contributed by atoms with E-state index < -0.39 is 0 Å². The lowest BCUT2D eigenvalue weighted by Gasteiger charge is -2.30. The Morgan fingerprint density at radius 1 is 1.10 bits per heavy atom. The van der Waals surface area contributed by atoms with Gasteiger partial charge in [0.1, 0.15) is 12.4 Å². The Labute approximate surface area is 172 Å². The quantitative estimate of drug-likeness (QED) is 0.580. The molecule has 1 saturated heterocycles. The van der Waals surface area contributed by atoms with Gasteiger partial charge in [0.2, 0.25) is 11.8 Å². The van der Waals surface area contributed by atoms with E-state index >= 15 is 0 Å². The lowest BCUT2D eigenvalue weighted by Crippen LogP contribution is -2.43. The monoisotopic (exact) mass is 392 g/mol. The van der Waals surface area contributed by atoms with Crippen molar-refractivity contribution in [2.24, 2.45) is 5.92 Å². The molecule has 2 aromatic rings. The summed E-state index contributed by atoms with van der Waals surface area (Å²) < 4.78 is 5.66. The van der Waals surface area contributed by atoms with Gasteiger partial charge >= 0.3 is 0 Å². The van der Waals surface area contributed by atoms with Crippen molar-refractivity contribution in [1.82, 2.24) is 10.2 Å². The third-order valence-corrected chi connectivity index (χ3v) is 5.05. The number of nitrogens with one attached hydrogen (secondary N) is 1. The van der Waals surface area contributed by atoms with Gasteiger partial charge in [0.25, 0.3) is 0 Å². The molecule has 3 rings (SSSR count). The number of likely N-dealkylation sites (tertiary alicyclic amines) is 1. The van der Waals surface area contributed by atoms with E-state index in [1.165, 1.54) is 0 Å². The SMILES string of the molecule is Cc1cccc(OCCNC(=O)C2CCN(C(=O)/C=C/c3ccccc3)CC2)c1. The van der Waals surface area contributed by atoms with Crippen LogP contribution in [0.2, 0.25) is 0 Å². The molecule has 2 aromatic carbocycles. The van der Waals surface area contributed by atoms with Crippen LogP contribution in [0.4, 0.5) is 0 Å². The summed E-state index contributed by atoms with van der Waals surface area (Å²) in [6, 6.07) is 17.6. The number of amides is 2. The summed E-state index contributed by atoms with van der Waals surface area (Å²) in [4.78, 5) is 26.5. The molecule has 0 aromatic heterocycles. The lowest BCUT2D eigenvalue weighted by atomic mass is 9.96. The summed E-state index contributed by atoms with van der Waals surface area (Å²) in [6.07, 6.45) is 4.82. The highest BCUT2D eigenvalue weighted by Crippen LogP contribution is 2.18. The molecule has 0 bridgehead atoms. The molecule has 152 valence electrons. The van der Waals surface area contributed by atoms with E-state index in [0.29, 0.717) is 39.1 Å². The average molecular weight is 392 g/mol. The average Bonchev–Trinajstić information content (AvgIpc) is 2.76. The summed E-state index contributed by atoms with van der Waals surface area (Å²) in [5.74, 6) is 0.815. The zero-order valence-corrected chi connectivity index (χ0v) is 16.8. The largest absolute Gasteiger partial charge is 0.492 e. The Morgan fingerprint density at radius 2 is 1.86 bits per heavy atom. The maximum atomic E-state index is 12.4. The number of hydrogen-bond acceptors (Lipinski definition) is 3. The Balaban J connectivity index is 1.35. The topological polar surface area (TPSA) is 58.6 Å². The first-order chi connectivity index (χ1) is 14.1.